The molecule has 1 saturated heterocycles. The van der Waals surface area contributed by atoms with Gasteiger partial charge in [0.05, 0.1) is 6.10 Å². The lowest BCUT2D eigenvalue weighted by molar-refractivity contribution is -0.185. The number of aryl methyl sites for hydroxylation is 2. The molecule has 2 aromatic rings. The van der Waals surface area contributed by atoms with E-state index in [2.05, 4.69) is 62.4 Å². The smallest absolute Gasteiger partial charge is 0.157 e. The van der Waals surface area contributed by atoms with Crippen LogP contribution in [-0.2, 0) is 22.3 Å². The summed E-state index contributed by atoms with van der Waals surface area (Å²) in [7, 11) is 0. The molecule has 1 aliphatic rings. The highest BCUT2D eigenvalue weighted by Crippen LogP contribution is 2.23. The van der Waals surface area contributed by atoms with Crippen molar-refractivity contribution in [1.29, 1.82) is 0 Å². The van der Waals surface area contributed by atoms with Crippen molar-refractivity contribution in [3.8, 4) is 11.1 Å². The summed E-state index contributed by atoms with van der Waals surface area (Å²) in [6, 6.07) is 18.5. The Morgan fingerprint density at radius 2 is 1.19 bits per heavy atom. The van der Waals surface area contributed by atoms with Gasteiger partial charge in [-0.25, -0.2) is 0 Å². The molecule has 0 radical (unpaired) electrons. The van der Waals surface area contributed by atoms with Crippen molar-refractivity contribution in [3.63, 3.8) is 0 Å². The van der Waals surface area contributed by atoms with E-state index in [4.69, 9.17) is 9.47 Å². The molecule has 206 valence electrons. The van der Waals surface area contributed by atoms with Gasteiger partial charge in [-0.1, -0.05) is 120 Å². The molecule has 3 rings (SSSR count). The minimum absolute atomic E-state index is 0.0457. The highest BCUT2D eigenvalue weighted by atomic mass is 16.7. The maximum Gasteiger partial charge on any atom is 0.157 e. The summed E-state index contributed by atoms with van der Waals surface area (Å²) in [4.78, 5) is 0. The van der Waals surface area contributed by atoms with Gasteiger partial charge in [0.1, 0.15) is 0 Å². The van der Waals surface area contributed by atoms with E-state index in [-0.39, 0.29) is 6.29 Å². The summed E-state index contributed by atoms with van der Waals surface area (Å²) in [6.07, 6.45) is 23.6. The zero-order chi connectivity index (χ0) is 26.0. The van der Waals surface area contributed by atoms with Gasteiger partial charge in [0.25, 0.3) is 0 Å². The van der Waals surface area contributed by atoms with E-state index in [1.54, 1.807) is 0 Å². The largest absolute Gasteiger partial charge is 0.353 e. The molecular formula is C35H54O2. The third-order valence-electron chi connectivity index (χ3n) is 7.91. The van der Waals surface area contributed by atoms with E-state index >= 15 is 0 Å². The Morgan fingerprint density at radius 1 is 0.676 bits per heavy atom. The molecule has 2 atom stereocenters. The zero-order valence-electron chi connectivity index (χ0n) is 24.0. The molecule has 2 heteroatoms. The first-order chi connectivity index (χ1) is 18.2. The van der Waals surface area contributed by atoms with E-state index in [9.17, 15) is 0 Å². The molecule has 0 aliphatic carbocycles. The van der Waals surface area contributed by atoms with Gasteiger partial charge < -0.3 is 9.47 Å². The predicted molar refractivity (Wildman–Crippen MR) is 159 cm³/mol. The van der Waals surface area contributed by atoms with Crippen molar-refractivity contribution in [2.45, 2.75) is 142 Å². The van der Waals surface area contributed by atoms with Gasteiger partial charge in [-0.05, 0) is 80.5 Å². The zero-order valence-corrected chi connectivity index (χ0v) is 24.0. The average Bonchev–Trinajstić information content (AvgIpc) is 2.93. The van der Waals surface area contributed by atoms with Gasteiger partial charge in [-0.2, -0.15) is 0 Å². The molecule has 0 amide bonds. The minimum Gasteiger partial charge on any atom is -0.353 e. The second-order valence-corrected chi connectivity index (χ2v) is 11.3. The first kappa shape index (κ1) is 29.9. The molecule has 0 saturated carbocycles. The number of hydrogen-bond acceptors (Lipinski definition) is 2. The van der Waals surface area contributed by atoms with Crippen LogP contribution in [0.5, 0.6) is 0 Å². The molecule has 2 nitrogen and oxygen atoms in total. The second kappa shape index (κ2) is 18.6. The standard InChI is InChI=1S/C35H54O2/c1-3-4-5-6-7-8-9-13-18-31-21-25-33(26-22-31)34-27-23-32(24-28-34)19-14-11-10-12-17-30(2)37-35-20-15-16-29-36-35/h21-28,30,35H,3-20,29H2,1-2H3. The topological polar surface area (TPSA) is 18.5 Å². The van der Waals surface area contributed by atoms with Crippen molar-refractivity contribution in [1.82, 2.24) is 0 Å². The van der Waals surface area contributed by atoms with Crippen molar-refractivity contribution < 1.29 is 9.47 Å². The summed E-state index contributed by atoms with van der Waals surface area (Å²) in [5.74, 6) is 0. The van der Waals surface area contributed by atoms with E-state index in [0.29, 0.717) is 6.10 Å². The number of hydrogen-bond donors (Lipinski definition) is 0. The summed E-state index contributed by atoms with van der Waals surface area (Å²) in [6.45, 7) is 5.35. The van der Waals surface area contributed by atoms with Crippen LogP contribution in [-0.4, -0.2) is 19.0 Å². The van der Waals surface area contributed by atoms with Crippen molar-refractivity contribution in [3.05, 3.63) is 59.7 Å². The maximum atomic E-state index is 6.04. The molecule has 0 spiro atoms. The van der Waals surface area contributed by atoms with Crippen LogP contribution < -0.4 is 0 Å². The van der Waals surface area contributed by atoms with Crippen LogP contribution in [0.4, 0.5) is 0 Å². The Balaban J connectivity index is 1.24. The number of unbranched alkanes of at least 4 members (excludes halogenated alkanes) is 10. The molecule has 1 aliphatic heterocycles. The highest BCUT2D eigenvalue weighted by molar-refractivity contribution is 5.63. The Bertz CT molecular complexity index is 804. The third-order valence-corrected chi connectivity index (χ3v) is 7.91. The Morgan fingerprint density at radius 3 is 1.70 bits per heavy atom. The number of ether oxygens (including phenoxy) is 2. The van der Waals surface area contributed by atoms with Gasteiger partial charge in [-0.3, -0.25) is 0 Å². The predicted octanol–water partition coefficient (Wildman–Crippen LogP) is 10.5. The average molecular weight is 507 g/mol. The minimum atomic E-state index is 0.0457. The summed E-state index contributed by atoms with van der Waals surface area (Å²) >= 11 is 0. The molecule has 0 N–H and O–H groups in total. The second-order valence-electron chi connectivity index (χ2n) is 11.3. The summed E-state index contributed by atoms with van der Waals surface area (Å²) in [5.41, 5.74) is 5.61. The molecule has 2 unspecified atom stereocenters. The van der Waals surface area contributed by atoms with Crippen LogP contribution in [0.1, 0.15) is 128 Å². The normalized spacial score (nSPS) is 16.6. The van der Waals surface area contributed by atoms with Crippen LogP contribution in [0.2, 0.25) is 0 Å². The summed E-state index contributed by atoms with van der Waals surface area (Å²) < 4.78 is 11.7. The molecule has 0 bridgehead atoms. The fourth-order valence-corrected chi connectivity index (χ4v) is 5.45. The maximum absolute atomic E-state index is 6.04. The molecule has 1 fully saturated rings. The first-order valence-electron chi connectivity index (χ1n) is 15.7. The fraction of sp³-hybridized carbons (Fsp3) is 0.657. The van der Waals surface area contributed by atoms with Crippen LogP contribution in [0, 0.1) is 0 Å². The van der Waals surface area contributed by atoms with E-state index in [0.717, 1.165) is 19.4 Å². The molecule has 0 aromatic heterocycles. The van der Waals surface area contributed by atoms with Gasteiger partial charge in [0, 0.05) is 6.61 Å². The lowest BCUT2D eigenvalue weighted by Gasteiger charge is -2.26. The number of benzene rings is 2. The van der Waals surface area contributed by atoms with Crippen molar-refractivity contribution in [2.24, 2.45) is 0 Å². The Kier molecular flexibility index (Phi) is 15.0. The lowest BCUT2D eigenvalue weighted by Crippen LogP contribution is -2.26. The van der Waals surface area contributed by atoms with E-state index in [1.165, 1.54) is 125 Å². The van der Waals surface area contributed by atoms with Crippen LogP contribution in [0.3, 0.4) is 0 Å². The van der Waals surface area contributed by atoms with Gasteiger partial charge in [0.2, 0.25) is 0 Å². The van der Waals surface area contributed by atoms with E-state index in [1.807, 2.05) is 0 Å². The quantitative estimate of drug-likeness (QED) is 0.176. The number of rotatable bonds is 19. The monoisotopic (exact) mass is 506 g/mol. The summed E-state index contributed by atoms with van der Waals surface area (Å²) in [5, 5.41) is 0. The van der Waals surface area contributed by atoms with Crippen molar-refractivity contribution in [2.75, 3.05) is 6.61 Å². The third kappa shape index (κ3) is 12.6. The molecule has 37 heavy (non-hydrogen) atoms. The SMILES string of the molecule is CCCCCCCCCCc1ccc(-c2ccc(CCCCCCC(C)OC3CCCCO3)cc2)cc1. The van der Waals surface area contributed by atoms with Gasteiger partial charge >= 0.3 is 0 Å². The fourth-order valence-electron chi connectivity index (χ4n) is 5.45. The van der Waals surface area contributed by atoms with Gasteiger partial charge in [-0.15, -0.1) is 0 Å². The molecular weight excluding hydrogens is 452 g/mol. The first-order valence-corrected chi connectivity index (χ1v) is 15.7. The molecule has 2 aromatic carbocycles. The van der Waals surface area contributed by atoms with Crippen LogP contribution in [0.25, 0.3) is 11.1 Å². The van der Waals surface area contributed by atoms with E-state index < -0.39 is 0 Å². The van der Waals surface area contributed by atoms with Gasteiger partial charge in [0.15, 0.2) is 6.29 Å². The van der Waals surface area contributed by atoms with Crippen LogP contribution >= 0.6 is 0 Å². The molecule has 1 heterocycles. The van der Waals surface area contributed by atoms with Crippen molar-refractivity contribution >= 4 is 0 Å². The van der Waals surface area contributed by atoms with Crippen LogP contribution in [0.15, 0.2) is 48.5 Å². The lowest BCUT2D eigenvalue weighted by atomic mass is 9.98. The highest BCUT2D eigenvalue weighted by Gasteiger charge is 2.16. The Hall–Kier alpha value is -1.64. The Labute approximate surface area is 228 Å².